The number of hydrogen-bond acceptors (Lipinski definition) is 3. The Morgan fingerprint density at radius 2 is 1.93 bits per heavy atom. The van der Waals surface area contributed by atoms with Gasteiger partial charge in [-0.05, 0) is 68.8 Å². The average Bonchev–Trinajstić information content (AvgIpc) is 3.00. The van der Waals surface area contributed by atoms with Crippen LogP contribution >= 0.6 is 15.9 Å². The van der Waals surface area contributed by atoms with Crippen molar-refractivity contribution in [2.24, 2.45) is 5.10 Å². The van der Waals surface area contributed by atoms with Gasteiger partial charge in [0, 0.05) is 32.7 Å². The number of benzene rings is 2. The molecule has 3 aromatic rings. The van der Waals surface area contributed by atoms with Gasteiger partial charge >= 0.3 is 0 Å². The minimum absolute atomic E-state index is 0.260. The van der Waals surface area contributed by atoms with Crippen LogP contribution in [-0.4, -0.2) is 23.3 Å². The number of halogens is 1. The van der Waals surface area contributed by atoms with E-state index in [0.29, 0.717) is 12.2 Å². The van der Waals surface area contributed by atoms with E-state index in [-0.39, 0.29) is 5.91 Å². The molecule has 1 N–H and O–H groups in total. The van der Waals surface area contributed by atoms with Gasteiger partial charge in [0.15, 0.2) is 0 Å². The Morgan fingerprint density at radius 1 is 1.17 bits per heavy atom. The van der Waals surface area contributed by atoms with Crippen molar-refractivity contribution in [2.75, 3.05) is 6.61 Å². The second-order valence-electron chi connectivity index (χ2n) is 6.71. The van der Waals surface area contributed by atoms with Gasteiger partial charge in [-0.2, -0.15) is 5.10 Å². The molecule has 0 aliphatic carbocycles. The molecule has 6 heteroatoms. The molecule has 150 valence electrons. The first-order valence-corrected chi connectivity index (χ1v) is 10.3. The van der Waals surface area contributed by atoms with Crippen molar-refractivity contribution in [1.29, 1.82) is 0 Å². The monoisotopic (exact) mass is 453 g/mol. The molecule has 1 amide bonds. The van der Waals surface area contributed by atoms with E-state index in [4.69, 9.17) is 4.74 Å². The molecule has 0 aliphatic heterocycles. The lowest BCUT2D eigenvalue weighted by atomic mass is 10.2. The number of carbonyl (C=O) groups is 1. The van der Waals surface area contributed by atoms with E-state index in [1.165, 1.54) is 0 Å². The molecule has 1 aromatic heterocycles. The Labute approximate surface area is 179 Å². The molecule has 0 bridgehead atoms. The number of aromatic nitrogens is 1. The minimum atomic E-state index is -0.260. The van der Waals surface area contributed by atoms with Crippen molar-refractivity contribution in [3.63, 3.8) is 0 Å². The number of hydrazone groups is 1. The third kappa shape index (κ3) is 5.15. The molecule has 0 spiro atoms. The predicted octanol–water partition coefficient (Wildman–Crippen LogP) is 5.41. The van der Waals surface area contributed by atoms with E-state index < -0.39 is 0 Å². The van der Waals surface area contributed by atoms with Crippen LogP contribution in [0.4, 0.5) is 0 Å². The van der Waals surface area contributed by atoms with E-state index in [9.17, 15) is 4.79 Å². The number of ether oxygens (including phenoxy) is 1. The molecular formula is C23H24BrN3O2. The number of rotatable bonds is 7. The summed E-state index contributed by atoms with van der Waals surface area (Å²) in [6.07, 6.45) is 2.62. The van der Waals surface area contributed by atoms with Gasteiger partial charge in [0.1, 0.15) is 5.75 Å². The summed E-state index contributed by atoms with van der Waals surface area (Å²) in [5.74, 6) is 0.496. The topological polar surface area (TPSA) is 55.6 Å². The van der Waals surface area contributed by atoms with Gasteiger partial charge in [-0.15, -0.1) is 0 Å². The van der Waals surface area contributed by atoms with Crippen molar-refractivity contribution in [2.45, 2.75) is 27.2 Å². The van der Waals surface area contributed by atoms with Crippen LogP contribution < -0.4 is 10.2 Å². The highest BCUT2D eigenvalue weighted by molar-refractivity contribution is 9.10. The number of carbonyl (C=O) groups excluding carboxylic acids is 1. The van der Waals surface area contributed by atoms with Crippen LogP contribution in [0.3, 0.4) is 0 Å². The zero-order valence-corrected chi connectivity index (χ0v) is 18.4. The Kier molecular flexibility index (Phi) is 6.88. The van der Waals surface area contributed by atoms with Crippen LogP contribution in [0.25, 0.3) is 5.69 Å². The molecule has 0 unspecified atom stereocenters. The Bertz CT molecular complexity index is 1020. The quantitative estimate of drug-likeness (QED) is 0.384. The zero-order valence-electron chi connectivity index (χ0n) is 16.8. The van der Waals surface area contributed by atoms with Crippen LogP contribution in [0, 0.1) is 13.8 Å². The predicted molar refractivity (Wildman–Crippen MR) is 120 cm³/mol. The highest BCUT2D eigenvalue weighted by Crippen LogP contribution is 2.22. The first-order valence-electron chi connectivity index (χ1n) is 9.50. The second-order valence-corrected chi connectivity index (χ2v) is 7.63. The standard InChI is InChI=1S/C23H24BrN3O2/c1-4-12-29-22-10-8-18(9-11-22)23(28)26-25-15-19-13-16(2)27(17(19)3)21-7-5-6-20(24)14-21/h5-11,13-15H,4,12H2,1-3H3,(H,26,28)/b25-15-. The third-order valence-corrected chi connectivity index (χ3v) is 4.99. The summed E-state index contributed by atoms with van der Waals surface area (Å²) >= 11 is 3.52. The number of amides is 1. The van der Waals surface area contributed by atoms with Crippen molar-refractivity contribution >= 4 is 28.1 Å². The molecule has 0 saturated heterocycles. The number of aryl methyl sites for hydroxylation is 1. The Hall–Kier alpha value is -2.86. The highest BCUT2D eigenvalue weighted by Gasteiger charge is 2.10. The lowest BCUT2D eigenvalue weighted by Crippen LogP contribution is -2.17. The fraction of sp³-hybridized carbons (Fsp3) is 0.217. The number of nitrogens with zero attached hydrogens (tertiary/aromatic N) is 2. The molecular weight excluding hydrogens is 430 g/mol. The first kappa shape index (κ1) is 20.9. The van der Waals surface area contributed by atoms with Crippen LogP contribution in [0.5, 0.6) is 5.75 Å². The lowest BCUT2D eigenvalue weighted by molar-refractivity contribution is 0.0955. The largest absolute Gasteiger partial charge is 0.494 e. The zero-order chi connectivity index (χ0) is 20.8. The number of nitrogens with one attached hydrogen (secondary N) is 1. The van der Waals surface area contributed by atoms with Gasteiger partial charge < -0.3 is 9.30 Å². The van der Waals surface area contributed by atoms with E-state index in [1.54, 1.807) is 30.5 Å². The number of hydrogen-bond donors (Lipinski definition) is 1. The SMILES string of the molecule is CCCOc1ccc(C(=O)N/N=C\c2cc(C)n(-c3cccc(Br)c3)c2C)cc1. The van der Waals surface area contributed by atoms with Gasteiger partial charge in [-0.3, -0.25) is 4.79 Å². The van der Waals surface area contributed by atoms with Gasteiger partial charge in [0.2, 0.25) is 0 Å². The molecule has 0 aliphatic rings. The normalized spacial score (nSPS) is 11.0. The molecule has 29 heavy (non-hydrogen) atoms. The summed E-state index contributed by atoms with van der Waals surface area (Å²) in [5.41, 5.74) is 7.29. The molecule has 0 fully saturated rings. The van der Waals surface area contributed by atoms with Gasteiger partial charge in [0.25, 0.3) is 5.91 Å². The molecule has 1 heterocycles. The molecule has 3 rings (SSSR count). The van der Waals surface area contributed by atoms with Crippen LogP contribution in [0.15, 0.2) is 64.2 Å². The van der Waals surface area contributed by atoms with Crippen molar-refractivity contribution < 1.29 is 9.53 Å². The summed E-state index contributed by atoms with van der Waals surface area (Å²) in [7, 11) is 0. The van der Waals surface area contributed by atoms with Crippen molar-refractivity contribution in [3.8, 4) is 11.4 Å². The third-order valence-electron chi connectivity index (χ3n) is 4.50. The molecule has 0 saturated carbocycles. The summed E-state index contributed by atoms with van der Waals surface area (Å²) in [5, 5.41) is 4.14. The molecule has 5 nitrogen and oxygen atoms in total. The Balaban J connectivity index is 1.69. The van der Waals surface area contributed by atoms with E-state index in [2.05, 4.69) is 50.1 Å². The maximum atomic E-state index is 12.3. The molecule has 0 atom stereocenters. The summed E-state index contributed by atoms with van der Waals surface area (Å²) in [6, 6.07) is 17.2. The molecule has 0 radical (unpaired) electrons. The summed E-state index contributed by atoms with van der Waals surface area (Å²) < 4.78 is 8.71. The van der Waals surface area contributed by atoms with E-state index >= 15 is 0 Å². The maximum Gasteiger partial charge on any atom is 0.271 e. The van der Waals surface area contributed by atoms with Gasteiger partial charge in [-0.25, -0.2) is 5.43 Å². The van der Waals surface area contributed by atoms with Gasteiger partial charge in [-0.1, -0.05) is 28.9 Å². The Morgan fingerprint density at radius 3 is 2.62 bits per heavy atom. The fourth-order valence-corrected chi connectivity index (χ4v) is 3.47. The van der Waals surface area contributed by atoms with E-state index in [1.807, 2.05) is 32.0 Å². The fourth-order valence-electron chi connectivity index (χ4n) is 3.08. The maximum absolute atomic E-state index is 12.3. The highest BCUT2D eigenvalue weighted by atomic mass is 79.9. The average molecular weight is 454 g/mol. The lowest BCUT2D eigenvalue weighted by Gasteiger charge is -2.09. The van der Waals surface area contributed by atoms with E-state index in [0.717, 1.165) is 39.3 Å². The second kappa shape index (κ2) is 9.56. The summed E-state index contributed by atoms with van der Waals surface area (Å²) in [6.45, 7) is 6.79. The first-order chi connectivity index (χ1) is 14.0. The van der Waals surface area contributed by atoms with Gasteiger partial charge in [0.05, 0.1) is 12.8 Å². The van der Waals surface area contributed by atoms with Crippen LogP contribution in [-0.2, 0) is 0 Å². The summed E-state index contributed by atoms with van der Waals surface area (Å²) in [4.78, 5) is 12.3. The minimum Gasteiger partial charge on any atom is -0.494 e. The molecule has 2 aromatic carbocycles. The smallest absolute Gasteiger partial charge is 0.271 e. The van der Waals surface area contributed by atoms with Crippen LogP contribution in [0.1, 0.15) is 40.7 Å². The van der Waals surface area contributed by atoms with Crippen molar-refractivity contribution in [3.05, 3.63) is 81.6 Å². The van der Waals surface area contributed by atoms with Crippen molar-refractivity contribution in [1.82, 2.24) is 9.99 Å². The van der Waals surface area contributed by atoms with Crippen LogP contribution in [0.2, 0.25) is 0 Å².